The minimum atomic E-state index is 0.0412. The number of aromatic nitrogens is 1. The Morgan fingerprint density at radius 2 is 2.47 bits per heavy atom. The number of pyridine rings is 1. The van der Waals surface area contributed by atoms with Gasteiger partial charge in [0.25, 0.3) is 0 Å². The molecule has 5 heteroatoms. The normalized spacial score (nSPS) is 20.4. The molecule has 0 aromatic carbocycles. The molecule has 0 radical (unpaired) electrons. The van der Waals surface area contributed by atoms with Gasteiger partial charge in [0, 0.05) is 24.0 Å². The molecule has 0 aliphatic carbocycles. The van der Waals surface area contributed by atoms with Crippen LogP contribution in [0.3, 0.4) is 0 Å². The van der Waals surface area contributed by atoms with Crippen molar-refractivity contribution in [1.82, 2.24) is 4.98 Å². The minimum absolute atomic E-state index is 0.0412. The summed E-state index contributed by atoms with van der Waals surface area (Å²) in [7, 11) is 0. The van der Waals surface area contributed by atoms with Crippen LogP contribution in [-0.2, 0) is 4.79 Å². The molecule has 1 fully saturated rings. The second-order valence-electron chi connectivity index (χ2n) is 3.32. The van der Waals surface area contributed by atoms with Crippen molar-refractivity contribution in [2.75, 3.05) is 11.4 Å². The molecule has 76 valence electrons. The zero-order valence-electron chi connectivity index (χ0n) is 7.85. The number of nitriles is 1. The van der Waals surface area contributed by atoms with E-state index in [1.165, 1.54) is 0 Å². The number of rotatable bonds is 1. The van der Waals surface area contributed by atoms with E-state index in [1.807, 2.05) is 6.07 Å². The Balaban J connectivity index is 2.30. The molecule has 0 N–H and O–H groups in total. The van der Waals surface area contributed by atoms with Gasteiger partial charge in [0.05, 0.1) is 11.6 Å². The van der Waals surface area contributed by atoms with Crippen molar-refractivity contribution in [3.63, 3.8) is 0 Å². The van der Waals surface area contributed by atoms with Crippen LogP contribution in [0.4, 0.5) is 5.82 Å². The van der Waals surface area contributed by atoms with E-state index in [2.05, 4.69) is 20.9 Å². The summed E-state index contributed by atoms with van der Waals surface area (Å²) in [5.74, 6) is 0.598. The molecule has 1 aromatic heterocycles. The highest BCUT2D eigenvalue weighted by molar-refractivity contribution is 9.09. The summed E-state index contributed by atoms with van der Waals surface area (Å²) < 4.78 is 0. The summed E-state index contributed by atoms with van der Waals surface area (Å²) in [4.78, 5) is 17.4. The molecular weight excluding hydrogens is 258 g/mol. The number of anilines is 1. The Kier molecular flexibility index (Phi) is 2.69. The lowest BCUT2D eigenvalue weighted by Gasteiger charge is -2.14. The first kappa shape index (κ1) is 10.1. The number of amides is 1. The molecule has 1 aliphatic heterocycles. The maximum atomic E-state index is 11.6. The molecule has 1 saturated heterocycles. The Labute approximate surface area is 95.7 Å². The lowest BCUT2D eigenvalue weighted by molar-refractivity contribution is -0.117. The number of hydrogen-bond acceptors (Lipinski definition) is 3. The monoisotopic (exact) mass is 265 g/mol. The van der Waals surface area contributed by atoms with Crippen molar-refractivity contribution in [3.8, 4) is 6.07 Å². The average Bonchev–Trinajstić information content (AvgIpc) is 2.58. The van der Waals surface area contributed by atoms with Gasteiger partial charge in [-0.15, -0.1) is 0 Å². The first-order valence-electron chi connectivity index (χ1n) is 4.51. The van der Waals surface area contributed by atoms with E-state index in [0.29, 0.717) is 24.3 Å². The van der Waals surface area contributed by atoms with Crippen molar-refractivity contribution in [2.45, 2.75) is 11.2 Å². The molecule has 0 spiro atoms. The maximum absolute atomic E-state index is 11.6. The molecule has 15 heavy (non-hydrogen) atoms. The third-order valence-corrected chi connectivity index (χ3v) is 2.84. The molecule has 0 saturated carbocycles. The zero-order valence-corrected chi connectivity index (χ0v) is 9.44. The summed E-state index contributed by atoms with van der Waals surface area (Å²) >= 11 is 3.40. The molecule has 1 atom stereocenters. The fraction of sp³-hybridized carbons (Fsp3) is 0.300. The van der Waals surface area contributed by atoms with Gasteiger partial charge in [-0.2, -0.15) is 5.26 Å². The summed E-state index contributed by atoms with van der Waals surface area (Å²) in [5.41, 5.74) is 0.519. The van der Waals surface area contributed by atoms with Crippen LogP contribution in [0.2, 0.25) is 0 Å². The predicted octanol–water partition coefficient (Wildman–Crippen LogP) is 1.45. The molecule has 2 rings (SSSR count). The van der Waals surface area contributed by atoms with Gasteiger partial charge >= 0.3 is 0 Å². The SMILES string of the molecule is N#Cc1ccnc(N2CC(Br)CC2=O)c1. The van der Waals surface area contributed by atoms with Crippen molar-refractivity contribution in [2.24, 2.45) is 0 Å². The van der Waals surface area contributed by atoms with Gasteiger partial charge in [-0.3, -0.25) is 9.69 Å². The van der Waals surface area contributed by atoms with Gasteiger partial charge in [0.1, 0.15) is 5.82 Å². The van der Waals surface area contributed by atoms with Crippen molar-refractivity contribution in [1.29, 1.82) is 5.26 Å². The number of alkyl halides is 1. The third kappa shape index (κ3) is 2.00. The summed E-state index contributed by atoms with van der Waals surface area (Å²) in [6.07, 6.45) is 2.03. The van der Waals surface area contributed by atoms with E-state index < -0.39 is 0 Å². The smallest absolute Gasteiger partial charge is 0.229 e. The van der Waals surface area contributed by atoms with Crippen molar-refractivity contribution < 1.29 is 4.79 Å². The Bertz CT molecular complexity index is 441. The first-order chi connectivity index (χ1) is 7.20. The molecule has 1 amide bonds. The van der Waals surface area contributed by atoms with Gasteiger partial charge in [-0.25, -0.2) is 4.98 Å². The highest BCUT2D eigenvalue weighted by Crippen LogP contribution is 2.23. The molecule has 4 nitrogen and oxygen atoms in total. The summed E-state index contributed by atoms with van der Waals surface area (Å²) in [5, 5.41) is 8.73. The maximum Gasteiger partial charge on any atom is 0.229 e. The van der Waals surface area contributed by atoms with E-state index in [-0.39, 0.29) is 10.7 Å². The molecule has 1 unspecified atom stereocenters. The minimum Gasteiger partial charge on any atom is -0.296 e. The van der Waals surface area contributed by atoms with Gasteiger partial charge in [-0.05, 0) is 12.1 Å². The van der Waals surface area contributed by atoms with Gasteiger partial charge < -0.3 is 0 Å². The summed E-state index contributed by atoms with van der Waals surface area (Å²) in [6.45, 7) is 0.612. The van der Waals surface area contributed by atoms with Crippen LogP contribution in [0.25, 0.3) is 0 Å². The van der Waals surface area contributed by atoms with Crippen LogP contribution < -0.4 is 4.90 Å². The highest BCUT2D eigenvalue weighted by atomic mass is 79.9. The van der Waals surface area contributed by atoms with Crippen LogP contribution in [0, 0.1) is 11.3 Å². The lowest BCUT2D eigenvalue weighted by atomic mass is 10.3. The quantitative estimate of drug-likeness (QED) is 0.723. The van der Waals surface area contributed by atoms with Gasteiger partial charge in [0.2, 0.25) is 5.91 Å². The third-order valence-electron chi connectivity index (χ3n) is 2.23. The molecule has 2 heterocycles. The fourth-order valence-electron chi connectivity index (χ4n) is 1.52. The largest absolute Gasteiger partial charge is 0.296 e. The van der Waals surface area contributed by atoms with E-state index >= 15 is 0 Å². The van der Waals surface area contributed by atoms with Crippen LogP contribution in [-0.4, -0.2) is 22.3 Å². The fourth-order valence-corrected chi connectivity index (χ4v) is 2.09. The molecule has 1 aliphatic rings. The van der Waals surface area contributed by atoms with Crippen LogP contribution in [0.5, 0.6) is 0 Å². The number of carbonyl (C=O) groups excluding carboxylic acids is 1. The second kappa shape index (κ2) is 3.99. The standard InChI is InChI=1S/C10H8BrN3O/c11-8-4-10(15)14(6-8)9-3-7(5-12)1-2-13-9/h1-3,8H,4,6H2. The van der Waals surface area contributed by atoms with Crippen molar-refractivity contribution >= 4 is 27.7 Å². The number of carbonyl (C=O) groups is 1. The Morgan fingerprint density at radius 1 is 1.67 bits per heavy atom. The predicted molar refractivity (Wildman–Crippen MR) is 58.6 cm³/mol. The van der Waals surface area contributed by atoms with E-state index in [4.69, 9.17) is 5.26 Å². The first-order valence-corrected chi connectivity index (χ1v) is 5.43. The van der Waals surface area contributed by atoms with Crippen LogP contribution in [0.15, 0.2) is 18.3 Å². The van der Waals surface area contributed by atoms with Crippen LogP contribution in [0.1, 0.15) is 12.0 Å². The van der Waals surface area contributed by atoms with E-state index in [9.17, 15) is 4.79 Å². The summed E-state index contributed by atoms with van der Waals surface area (Å²) in [6, 6.07) is 5.28. The number of hydrogen-bond donors (Lipinski definition) is 0. The van der Waals surface area contributed by atoms with Crippen LogP contribution >= 0.6 is 15.9 Å². The zero-order chi connectivity index (χ0) is 10.8. The van der Waals surface area contributed by atoms with Gasteiger partial charge in [-0.1, -0.05) is 15.9 Å². The number of halogens is 1. The second-order valence-corrected chi connectivity index (χ2v) is 4.62. The van der Waals surface area contributed by atoms with E-state index in [0.717, 1.165) is 0 Å². The Hall–Kier alpha value is -1.41. The molecule has 1 aromatic rings. The molecule has 0 bridgehead atoms. The molecular formula is C10H8BrN3O. The number of nitrogens with zero attached hydrogens (tertiary/aromatic N) is 3. The van der Waals surface area contributed by atoms with Gasteiger partial charge in [0.15, 0.2) is 0 Å². The lowest BCUT2D eigenvalue weighted by Crippen LogP contribution is -2.25. The average molecular weight is 266 g/mol. The highest BCUT2D eigenvalue weighted by Gasteiger charge is 2.29. The van der Waals surface area contributed by atoms with E-state index in [1.54, 1.807) is 23.2 Å². The Morgan fingerprint density at radius 3 is 3.07 bits per heavy atom. The topological polar surface area (TPSA) is 57.0 Å². The van der Waals surface area contributed by atoms with Crippen molar-refractivity contribution in [3.05, 3.63) is 23.9 Å².